The molecule has 0 nitrogen and oxygen atoms in total. The molecule has 1 aromatic rings. The Morgan fingerprint density at radius 2 is 1.92 bits per heavy atom. The average Bonchev–Trinajstić information content (AvgIpc) is 2.02. The van der Waals surface area contributed by atoms with E-state index in [1.807, 2.05) is 0 Å². The topological polar surface area (TPSA) is 0 Å². The fraction of sp³-hybridized carbons (Fsp3) is 0.385. The summed E-state index contributed by atoms with van der Waals surface area (Å²) in [6, 6.07) is 10.6. The maximum Gasteiger partial charge on any atom is -0.0203 e. The van der Waals surface area contributed by atoms with Crippen LogP contribution < -0.4 is 0 Å². The number of benzene rings is 1. The Labute approximate surface area is 80.3 Å². The highest BCUT2D eigenvalue weighted by Crippen LogP contribution is 2.33. The van der Waals surface area contributed by atoms with E-state index in [-0.39, 0.29) is 0 Å². The average molecular weight is 172 g/mol. The summed E-state index contributed by atoms with van der Waals surface area (Å²) in [5.41, 5.74) is 2.89. The first-order chi connectivity index (χ1) is 6.36. The van der Waals surface area contributed by atoms with Gasteiger partial charge >= 0.3 is 0 Å². The van der Waals surface area contributed by atoms with Crippen LogP contribution in [0.5, 0.6) is 0 Å². The van der Waals surface area contributed by atoms with Gasteiger partial charge in [-0.3, -0.25) is 0 Å². The molecule has 0 heterocycles. The van der Waals surface area contributed by atoms with Crippen molar-refractivity contribution in [2.45, 2.75) is 26.2 Å². The molecule has 0 radical (unpaired) electrons. The number of hydrogen-bond donors (Lipinski definition) is 0. The second-order valence-corrected chi connectivity index (χ2v) is 3.93. The summed E-state index contributed by atoms with van der Waals surface area (Å²) in [6.45, 7) is 2.26. The predicted molar refractivity (Wildman–Crippen MR) is 57.4 cm³/mol. The summed E-state index contributed by atoms with van der Waals surface area (Å²) in [6.07, 6.45) is 6.54. The van der Waals surface area contributed by atoms with Crippen LogP contribution in [-0.2, 0) is 0 Å². The van der Waals surface area contributed by atoms with Crippen LogP contribution in [0.2, 0.25) is 0 Å². The lowest BCUT2D eigenvalue weighted by Crippen LogP contribution is -2.11. The quantitative estimate of drug-likeness (QED) is 0.635. The maximum atomic E-state index is 2.32. The molecule has 0 atom stereocenters. The van der Waals surface area contributed by atoms with Gasteiger partial charge in [-0.25, -0.2) is 0 Å². The lowest BCUT2D eigenvalue weighted by atomic mass is 9.80. The zero-order valence-electron chi connectivity index (χ0n) is 8.16. The van der Waals surface area contributed by atoms with Crippen LogP contribution in [0.25, 0.3) is 6.08 Å². The third kappa shape index (κ3) is 2.00. The molecule has 1 aliphatic rings. The second kappa shape index (κ2) is 3.78. The van der Waals surface area contributed by atoms with Gasteiger partial charge in [-0.15, -0.1) is 0 Å². The summed E-state index contributed by atoms with van der Waals surface area (Å²) in [7, 11) is 0. The fourth-order valence-corrected chi connectivity index (χ4v) is 1.79. The Balaban J connectivity index is 2.10. The van der Waals surface area contributed by atoms with Gasteiger partial charge in [0.15, 0.2) is 0 Å². The fourth-order valence-electron chi connectivity index (χ4n) is 1.79. The molecule has 0 spiro atoms. The van der Waals surface area contributed by atoms with Crippen molar-refractivity contribution in [3.63, 3.8) is 0 Å². The Bertz CT molecular complexity index is 291. The van der Waals surface area contributed by atoms with Crippen molar-refractivity contribution in [3.8, 4) is 0 Å². The molecule has 0 unspecified atom stereocenters. The molecule has 13 heavy (non-hydrogen) atoms. The standard InChI is InChI=1S/C13H16/c1-11(13-8-5-9-13)10-12-6-3-2-4-7-12/h2-4,6-7,10,13H,5,8-9H2,1H3. The van der Waals surface area contributed by atoms with E-state index >= 15 is 0 Å². The first-order valence-corrected chi connectivity index (χ1v) is 5.09. The second-order valence-electron chi connectivity index (χ2n) is 3.93. The molecule has 0 heteroatoms. The van der Waals surface area contributed by atoms with Crippen LogP contribution in [0.4, 0.5) is 0 Å². The highest BCUT2D eigenvalue weighted by Gasteiger charge is 2.18. The van der Waals surface area contributed by atoms with Crippen LogP contribution in [0.15, 0.2) is 35.9 Å². The minimum absolute atomic E-state index is 0.875. The Kier molecular flexibility index (Phi) is 2.49. The van der Waals surface area contributed by atoms with Crippen LogP contribution in [0.1, 0.15) is 31.7 Å². The summed E-state index contributed by atoms with van der Waals surface area (Å²) < 4.78 is 0. The summed E-state index contributed by atoms with van der Waals surface area (Å²) in [5, 5.41) is 0. The Morgan fingerprint density at radius 3 is 2.46 bits per heavy atom. The molecule has 1 fully saturated rings. The number of rotatable bonds is 2. The van der Waals surface area contributed by atoms with E-state index < -0.39 is 0 Å². The molecule has 0 amide bonds. The van der Waals surface area contributed by atoms with Gasteiger partial charge in [0.25, 0.3) is 0 Å². The molecule has 1 aromatic carbocycles. The van der Waals surface area contributed by atoms with Gasteiger partial charge in [0.2, 0.25) is 0 Å². The zero-order valence-corrected chi connectivity index (χ0v) is 8.16. The first kappa shape index (κ1) is 8.55. The van der Waals surface area contributed by atoms with Gasteiger partial charge in [0.05, 0.1) is 0 Å². The van der Waals surface area contributed by atoms with E-state index in [0.29, 0.717) is 0 Å². The van der Waals surface area contributed by atoms with E-state index in [9.17, 15) is 0 Å². The highest BCUT2D eigenvalue weighted by atomic mass is 14.2. The van der Waals surface area contributed by atoms with Crippen molar-refractivity contribution in [1.82, 2.24) is 0 Å². The molecule has 0 bridgehead atoms. The molecule has 1 aliphatic carbocycles. The van der Waals surface area contributed by atoms with Crippen LogP contribution in [-0.4, -0.2) is 0 Å². The SMILES string of the molecule is CC(=Cc1ccccc1)C1CCC1. The van der Waals surface area contributed by atoms with Crippen molar-refractivity contribution in [1.29, 1.82) is 0 Å². The van der Waals surface area contributed by atoms with Gasteiger partial charge in [-0.1, -0.05) is 48.4 Å². The molecular weight excluding hydrogens is 156 g/mol. The molecule has 0 aromatic heterocycles. The van der Waals surface area contributed by atoms with Crippen molar-refractivity contribution >= 4 is 6.08 Å². The number of allylic oxidation sites excluding steroid dienone is 1. The van der Waals surface area contributed by atoms with E-state index in [2.05, 4.69) is 43.3 Å². The van der Waals surface area contributed by atoms with Crippen molar-refractivity contribution in [2.75, 3.05) is 0 Å². The van der Waals surface area contributed by atoms with Crippen molar-refractivity contribution < 1.29 is 0 Å². The van der Waals surface area contributed by atoms with Gasteiger partial charge in [-0.2, -0.15) is 0 Å². The summed E-state index contributed by atoms with van der Waals surface area (Å²) in [5.74, 6) is 0.875. The third-order valence-electron chi connectivity index (χ3n) is 2.94. The Morgan fingerprint density at radius 1 is 1.23 bits per heavy atom. The molecule has 0 saturated heterocycles. The smallest absolute Gasteiger partial charge is 0.0203 e. The minimum atomic E-state index is 0.875. The molecular formula is C13H16. The van der Waals surface area contributed by atoms with E-state index in [1.54, 1.807) is 5.57 Å². The minimum Gasteiger partial charge on any atom is -0.0696 e. The summed E-state index contributed by atoms with van der Waals surface area (Å²) >= 11 is 0. The van der Waals surface area contributed by atoms with E-state index in [4.69, 9.17) is 0 Å². The zero-order chi connectivity index (χ0) is 9.10. The van der Waals surface area contributed by atoms with E-state index in [0.717, 1.165) is 5.92 Å². The first-order valence-electron chi connectivity index (χ1n) is 5.09. The Hall–Kier alpha value is -1.04. The van der Waals surface area contributed by atoms with E-state index in [1.165, 1.54) is 24.8 Å². The third-order valence-corrected chi connectivity index (χ3v) is 2.94. The van der Waals surface area contributed by atoms with Crippen molar-refractivity contribution in [3.05, 3.63) is 41.5 Å². The molecule has 1 saturated carbocycles. The number of hydrogen-bond acceptors (Lipinski definition) is 0. The van der Waals surface area contributed by atoms with Crippen LogP contribution in [0, 0.1) is 5.92 Å². The monoisotopic (exact) mass is 172 g/mol. The van der Waals surface area contributed by atoms with Crippen molar-refractivity contribution in [2.24, 2.45) is 5.92 Å². The molecule has 0 aliphatic heterocycles. The van der Waals surface area contributed by atoms with Gasteiger partial charge in [0, 0.05) is 0 Å². The normalized spacial score (nSPS) is 18.4. The lowest BCUT2D eigenvalue weighted by molar-refractivity contribution is 0.370. The molecule has 2 rings (SSSR count). The van der Waals surface area contributed by atoms with Gasteiger partial charge in [0.1, 0.15) is 0 Å². The van der Waals surface area contributed by atoms with Crippen LogP contribution >= 0.6 is 0 Å². The van der Waals surface area contributed by atoms with Gasteiger partial charge < -0.3 is 0 Å². The molecule has 0 N–H and O–H groups in total. The predicted octanol–water partition coefficient (Wildman–Crippen LogP) is 3.89. The van der Waals surface area contributed by atoms with Crippen LogP contribution in [0.3, 0.4) is 0 Å². The largest absolute Gasteiger partial charge is 0.0696 e. The molecule has 68 valence electrons. The highest BCUT2D eigenvalue weighted by molar-refractivity contribution is 5.52. The maximum absolute atomic E-state index is 2.32. The van der Waals surface area contributed by atoms with Gasteiger partial charge in [-0.05, 0) is 31.2 Å². The lowest BCUT2D eigenvalue weighted by Gasteiger charge is -2.26. The summed E-state index contributed by atoms with van der Waals surface area (Å²) in [4.78, 5) is 0.